The zero-order chi connectivity index (χ0) is 24.3. The van der Waals surface area contributed by atoms with Gasteiger partial charge in [-0.2, -0.15) is 0 Å². The number of benzene rings is 3. The first-order valence-electron chi connectivity index (χ1n) is 10.1. The molecule has 10 heteroatoms. The first kappa shape index (κ1) is 22.8. The van der Waals surface area contributed by atoms with Gasteiger partial charge in [0.2, 0.25) is 0 Å². The molecule has 4 aromatic rings. The molecular formula is C24H18F3N3O4. The lowest BCUT2D eigenvalue weighted by atomic mass is 10.0. The van der Waals surface area contributed by atoms with Crippen molar-refractivity contribution in [3.05, 3.63) is 90.3 Å². The van der Waals surface area contributed by atoms with Gasteiger partial charge in [-0.3, -0.25) is 9.59 Å². The predicted octanol–water partition coefficient (Wildman–Crippen LogP) is 5.25. The van der Waals surface area contributed by atoms with E-state index < -0.39 is 30.0 Å². The summed E-state index contributed by atoms with van der Waals surface area (Å²) in [6.45, 7) is 0. The molecule has 7 nitrogen and oxygen atoms in total. The van der Waals surface area contributed by atoms with Gasteiger partial charge in [0.25, 0.3) is 5.91 Å². The average Bonchev–Trinajstić information content (AvgIpc) is 3.20. The second-order valence-corrected chi connectivity index (χ2v) is 7.41. The number of aliphatic carboxylic acids is 1. The minimum Gasteiger partial charge on any atom is -0.481 e. The summed E-state index contributed by atoms with van der Waals surface area (Å²) in [4.78, 5) is 28.3. The lowest BCUT2D eigenvalue weighted by Crippen LogP contribution is -2.17. The van der Waals surface area contributed by atoms with Crippen molar-refractivity contribution in [2.45, 2.75) is 18.8 Å². The smallest absolute Gasteiger partial charge is 0.481 e. The summed E-state index contributed by atoms with van der Waals surface area (Å²) in [7, 11) is 0. The molecule has 3 aromatic carbocycles. The Balaban J connectivity index is 1.54. The molecule has 0 aliphatic heterocycles. The molecule has 1 atom stereocenters. The number of carboxylic acid groups (broad SMARTS) is 1. The Morgan fingerprint density at radius 1 is 1.03 bits per heavy atom. The summed E-state index contributed by atoms with van der Waals surface area (Å²) in [5.41, 5.74) is 2.61. The SMILES string of the molecule is O=C(O)CC(c1ccccc1)n1cnc2cc(NC(=O)c3ccc(OC(F)(F)F)cc3)ccc21. The van der Waals surface area contributed by atoms with Crippen molar-refractivity contribution in [1.29, 1.82) is 0 Å². The number of halogens is 3. The number of ether oxygens (including phenoxy) is 1. The number of alkyl halides is 3. The fourth-order valence-electron chi connectivity index (χ4n) is 3.59. The Morgan fingerprint density at radius 2 is 1.74 bits per heavy atom. The van der Waals surface area contributed by atoms with Crippen LogP contribution in [-0.2, 0) is 4.79 Å². The van der Waals surface area contributed by atoms with Gasteiger partial charge in [0.15, 0.2) is 0 Å². The summed E-state index contributed by atoms with van der Waals surface area (Å²) in [5.74, 6) is -1.90. The number of aromatic nitrogens is 2. The number of carboxylic acids is 1. The topological polar surface area (TPSA) is 93.5 Å². The first-order chi connectivity index (χ1) is 16.2. The minimum absolute atomic E-state index is 0.137. The van der Waals surface area contributed by atoms with E-state index in [2.05, 4.69) is 15.0 Å². The zero-order valence-corrected chi connectivity index (χ0v) is 17.5. The molecule has 2 N–H and O–H groups in total. The number of nitrogens with one attached hydrogen (secondary N) is 1. The third kappa shape index (κ3) is 5.34. The molecule has 0 aliphatic carbocycles. The summed E-state index contributed by atoms with van der Waals surface area (Å²) >= 11 is 0. The van der Waals surface area contributed by atoms with Crippen molar-refractivity contribution in [1.82, 2.24) is 9.55 Å². The molecule has 1 heterocycles. The highest BCUT2D eigenvalue weighted by Crippen LogP contribution is 2.28. The molecule has 0 bridgehead atoms. The molecule has 0 aliphatic rings. The van der Waals surface area contributed by atoms with Crippen LogP contribution in [0.2, 0.25) is 0 Å². The third-order valence-corrected chi connectivity index (χ3v) is 5.07. The molecular weight excluding hydrogens is 451 g/mol. The number of anilines is 1. The van der Waals surface area contributed by atoms with E-state index in [9.17, 15) is 27.9 Å². The van der Waals surface area contributed by atoms with Crippen molar-refractivity contribution >= 4 is 28.6 Å². The number of imidazole rings is 1. The van der Waals surface area contributed by atoms with E-state index in [1.807, 2.05) is 30.3 Å². The van der Waals surface area contributed by atoms with Crippen LogP contribution in [0, 0.1) is 0 Å². The number of rotatable bonds is 7. The van der Waals surface area contributed by atoms with E-state index in [0.29, 0.717) is 16.7 Å². The number of carbonyl (C=O) groups excluding carboxylic acids is 1. The van der Waals surface area contributed by atoms with E-state index in [1.54, 1.807) is 29.1 Å². The average molecular weight is 469 g/mol. The highest BCUT2D eigenvalue weighted by molar-refractivity contribution is 6.05. The second-order valence-electron chi connectivity index (χ2n) is 7.41. The van der Waals surface area contributed by atoms with Crippen LogP contribution >= 0.6 is 0 Å². The van der Waals surface area contributed by atoms with Gasteiger partial charge < -0.3 is 19.7 Å². The number of amides is 1. The van der Waals surface area contributed by atoms with Crippen LogP contribution in [0.25, 0.3) is 11.0 Å². The van der Waals surface area contributed by atoms with Gasteiger partial charge in [-0.15, -0.1) is 13.2 Å². The Bertz CT molecular complexity index is 1320. The number of hydrogen-bond acceptors (Lipinski definition) is 4. The molecule has 0 radical (unpaired) electrons. The Morgan fingerprint density at radius 3 is 2.38 bits per heavy atom. The molecule has 4 rings (SSSR count). The van der Waals surface area contributed by atoms with E-state index in [1.165, 1.54) is 12.1 Å². The number of nitrogens with zero attached hydrogens (tertiary/aromatic N) is 2. The zero-order valence-electron chi connectivity index (χ0n) is 17.5. The molecule has 0 saturated heterocycles. The van der Waals surface area contributed by atoms with Gasteiger partial charge in [0.1, 0.15) is 5.75 Å². The maximum absolute atomic E-state index is 12.5. The van der Waals surface area contributed by atoms with Gasteiger partial charge >= 0.3 is 12.3 Å². The number of carbonyl (C=O) groups is 2. The van der Waals surface area contributed by atoms with Gasteiger partial charge in [0.05, 0.1) is 29.8 Å². The Hall–Kier alpha value is -4.34. The van der Waals surface area contributed by atoms with Gasteiger partial charge in [0, 0.05) is 11.3 Å². The number of fused-ring (bicyclic) bond motifs is 1. The highest BCUT2D eigenvalue weighted by atomic mass is 19.4. The van der Waals surface area contributed by atoms with Crippen molar-refractivity contribution in [3.8, 4) is 5.75 Å². The predicted molar refractivity (Wildman–Crippen MR) is 118 cm³/mol. The third-order valence-electron chi connectivity index (χ3n) is 5.07. The summed E-state index contributed by atoms with van der Waals surface area (Å²) in [6, 6.07) is 18.3. The summed E-state index contributed by atoms with van der Waals surface area (Å²) < 4.78 is 42.4. The van der Waals surface area contributed by atoms with E-state index in [0.717, 1.165) is 17.7 Å². The van der Waals surface area contributed by atoms with Crippen LogP contribution in [0.1, 0.15) is 28.4 Å². The second kappa shape index (κ2) is 9.26. The van der Waals surface area contributed by atoms with E-state index >= 15 is 0 Å². The lowest BCUT2D eigenvalue weighted by Gasteiger charge is -2.18. The van der Waals surface area contributed by atoms with Crippen LogP contribution in [-0.4, -0.2) is 32.9 Å². The van der Waals surface area contributed by atoms with E-state index in [4.69, 9.17) is 0 Å². The van der Waals surface area contributed by atoms with Crippen molar-refractivity contribution in [3.63, 3.8) is 0 Å². The van der Waals surface area contributed by atoms with Gasteiger partial charge in [-0.25, -0.2) is 4.98 Å². The Kier molecular flexibility index (Phi) is 6.22. The van der Waals surface area contributed by atoms with Gasteiger partial charge in [-0.05, 0) is 48.0 Å². The van der Waals surface area contributed by atoms with Crippen LogP contribution in [0.5, 0.6) is 5.75 Å². The molecule has 174 valence electrons. The summed E-state index contributed by atoms with van der Waals surface area (Å²) in [5, 5.41) is 12.1. The molecule has 0 saturated carbocycles. The monoisotopic (exact) mass is 469 g/mol. The Labute approximate surface area is 191 Å². The van der Waals surface area contributed by atoms with E-state index in [-0.39, 0.29) is 12.0 Å². The van der Waals surface area contributed by atoms with Crippen molar-refractivity contribution in [2.75, 3.05) is 5.32 Å². The molecule has 1 amide bonds. The van der Waals surface area contributed by atoms with Gasteiger partial charge in [-0.1, -0.05) is 30.3 Å². The van der Waals surface area contributed by atoms with Crippen molar-refractivity contribution < 1.29 is 32.6 Å². The maximum atomic E-state index is 12.5. The van der Waals surface area contributed by atoms with Crippen LogP contribution in [0.15, 0.2) is 79.1 Å². The molecule has 1 aromatic heterocycles. The van der Waals surface area contributed by atoms with Crippen LogP contribution in [0.4, 0.5) is 18.9 Å². The first-order valence-corrected chi connectivity index (χ1v) is 10.1. The number of hydrogen-bond donors (Lipinski definition) is 2. The molecule has 0 spiro atoms. The molecule has 34 heavy (non-hydrogen) atoms. The fourth-order valence-corrected chi connectivity index (χ4v) is 3.59. The molecule has 0 fully saturated rings. The largest absolute Gasteiger partial charge is 0.573 e. The molecule has 1 unspecified atom stereocenters. The van der Waals surface area contributed by atoms with Crippen LogP contribution in [0.3, 0.4) is 0 Å². The lowest BCUT2D eigenvalue weighted by molar-refractivity contribution is -0.274. The van der Waals surface area contributed by atoms with Crippen molar-refractivity contribution in [2.24, 2.45) is 0 Å². The highest BCUT2D eigenvalue weighted by Gasteiger charge is 2.31. The quantitative estimate of drug-likeness (QED) is 0.386. The normalized spacial score (nSPS) is 12.3. The standard InChI is InChI=1S/C24H18F3N3O4/c25-24(26,27)34-18-9-6-16(7-10-18)23(33)29-17-8-11-20-19(12-17)28-14-30(20)21(13-22(31)32)15-4-2-1-3-5-15/h1-12,14,21H,13H2,(H,29,33)(H,31,32). The maximum Gasteiger partial charge on any atom is 0.573 e. The fraction of sp³-hybridized carbons (Fsp3) is 0.125. The van der Waals surface area contributed by atoms with Crippen LogP contribution < -0.4 is 10.1 Å². The summed E-state index contributed by atoms with van der Waals surface area (Å²) in [6.07, 6.45) is -3.40. The minimum atomic E-state index is -4.81.